The number of hydrogen-bond donors (Lipinski definition) is 0. The van der Waals surface area contributed by atoms with Gasteiger partial charge in [-0.1, -0.05) is 11.6 Å². The van der Waals surface area contributed by atoms with Crippen LogP contribution in [0.15, 0.2) is 10.3 Å². The molecule has 0 fully saturated rings. The lowest BCUT2D eigenvalue weighted by molar-refractivity contribution is 0.611. The average molecular weight is 343 g/mol. The summed E-state index contributed by atoms with van der Waals surface area (Å²) in [7, 11) is 1.46. The van der Waals surface area contributed by atoms with Gasteiger partial charge in [0, 0.05) is 10.7 Å². The molecule has 0 aliphatic carbocycles. The maximum atomic E-state index is 10.7. The van der Waals surface area contributed by atoms with Crippen LogP contribution in [-0.4, -0.2) is 8.42 Å². The van der Waals surface area contributed by atoms with Crippen LogP contribution in [0.3, 0.4) is 0 Å². The molecule has 0 atom stereocenters. The summed E-state index contributed by atoms with van der Waals surface area (Å²) in [6, 6.07) is 1.34. The SMILES string of the molecule is O=S(=O)(Cl)c1cc(Cl)c(I)s1. The van der Waals surface area contributed by atoms with Crippen molar-refractivity contribution in [1.82, 2.24) is 0 Å². The van der Waals surface area contributed by atoms with E-state index in [0.29, 0.717) is 5.02 Å². The molecule has 0 saturated heterocycles. The molecule has 62 valence electrons. The van der Waals surface area contributed by atoms with Gasteiger partial charge in [-0.15, -0.1) is 11.3 Å². The summed E-state index contributed by atoms with van der Waals surface area (Å²) in [4.78, 5) is 0. The number of hydrogen-bond acceptors (Lipinski definition) is 3. The van der Waals surface area contributed by atoms with Gasteiger partial charge >= 0.3 is 0 Å². The Hall–Kier alpha value is 0.960. The summed E-state index contributed by atoms with van der Waals surface area (Å²) < 4.78 is 22.2. The molecule has 0 unspecified atom stereocenters. The first-order chi connectivity index (χ1) is 4.91. The van der Waals surface area contributed by atoms with Crippen molar-refractivity contribution in [2.45, 2.75) is 4.21 Å². The van der Waals surface area contributed by atoms with Gasteiger partial charge in [0.15, 0.2) is 0 Å². The third-order valence-electron chi connectivity index (χ3n) is 0.863. The van der Waals surface area contributed by atoms with Crippen LogP contribution in [0, 0.1) is 2.88 Å². The highest BCUT2D eigenvalue weighted by Gasteiger charge is 2.15. The Labute approximate surface area is 91.1 Å². The van der Waals surface area contributed by atoms with Gasteiger partial charge < -0.3 is 0 Å². The first kappa shape index (κ1) is 10.0. The van der Waals surface area contributed by atoms with Gasteiger partial charge in [-0.05, 0) is 28.7 Å². The predicted molar refractivity (Wildman–Crippen MR) is 55.1 cm³/mol. The topological polar surface area (TPSA) is 34.1 Å². The molecule has 1 rings (SSSR count). The van der Waals surface area contributed by atoms with Crippen LogP contribution in [0.1, 0.15) is 0 Å². The predicted octanol–water partition coefficient (Wildman–Crippen LogP) is 2.93. The van der Waals surface area contributed by atoms with E-state index in [1.165, 1.54) is 6.07 Å². The molecule has 0 bridgehead atoms. The van der Waals surface area contributed by atoms with Crippen molar-refractivity contribution in [1.29, 1.82) is 0 Å². The molecule has 1 aromatic heterocycles. The van der Waals surface area contributed by atoms with E-state index in [0.717, 1.165) is 14.2 Å². The Balaban J connectivity index is 3.29. The molecule has 0 aliphatic rings. The summed E-state index contributed by atoms with van der Waals surface area (Å²) in [5.41, 5.74) is 0. The minimum Gasteiger partial charge on any atom is -0.206 e. The second-order valence-electron chi connectivity index (χ2n) is 1.62. The molecule has 0 spiro atoms. The molecule has 2 nitrogen and oxygen atoms in total. The fourth-order valence-corrected chi connectivity index (χ4v) is 3.95. The van der Waals surface area contributed by atoms with Gasteiger partial charge in [0.05, 0.1) is 7.91 Å². The van der Waals surface area contributed by atoms with Gasteiger partial charge in [0.1, 0.15) is 4.21 Å². The molecule has 0 aromatic carbocycles. The van der Waals surface area contributed by atoms with Crippen LogP contribution >= 0.6 is 56.2 Å². The molecule has 0 saturated carbocycles. The lowest BCUT2D eigenvalue weighted by Crippen LogP contribution is -1.83. The lowest BCUT2D eigenvalue weighted by atomic mass is 10.7. The number of rotatable bonds is 1. The quantitative estimate of drug-likeness (QED) is 0.581. The average Bonchev–Trinajstić information content (AvgIpc) is 2.11. The minimum absolute atomic E-state index is 0.0913. The van der Waals surface area contributed by atoms with Crippen molar-refractivity contribution < 1.29 is 8.42 Å². The van der Waals surface area contributed by atoms with Crippen molar-refractivity contribution in [2.75, 3.05) is 0 Å². The van der Waals surface area contributed by atoms with E-state index in [4.69, 9.17) is 22.3 Å². The molecule has 0 amide bonds. The van der Waals surface area contributed by atoms with E-state index in [1.807, 2.05) is 22.6 Å². The standard InChI is InChI=1S/C4HCl2IO2S2/c5-2-1-3(10-4(2)7)11(6,8)9/h1H. The zero-order chi connectivity index (χ0) is 8.65. The van der Waals surface area contributed by atoms with E-state index < -0.39 is 9.05 Å². The fourth-order valence-electron chi connectivity index (χ4n) is 0.447. The van der Waals surface area contributed by atoms with Crippen LogP contribution in [0.4, 0.5) is 0 Å². The van der Waals surface area contributed by atoms with E-state index in [9.17, 15) is 8.42 Å². The summed E-state index contributed by atoms with van der Waals surface area (Å²) in [5, 5.41) is 0.426. The van der Waals surface area contributed by atoms with Gasteiger partial charge in [0.2, 0.25) is 0 Å². The maximum absolute atomic E-state index is 10.7. The number of halogens is 3. The monoisotopic (exact) mass is 342 g/mol. The molecular weight excluding hydrogens is 342 g/mol. The molecule has 1 heterocycles. The molecule has 7 heteroatoms. The van der Waals surface area contributed by atoms with E-state index in [-0.39, 0.29) is 4.21 Å². The van der Waals surface area contributed by atoms with Crippen molar-refractivity contribution in [3.05, 3.63) is 14.0 Å². The first-order valence-electron chi connectivity index (χ1n) is 2.31. The fraction of sp³-hybridized carbons (Fsp3) is 0. The van der Waals surface area contributed by atoms with Crippen LogP contribution < -0.4 is 0 Å². The highest BCUT2D eigenvalue weighted by molar-refractivity contribution is 14.1. The van der Waals surface area contributed by atoms with Gasteiger partial charge in [0.25, 0.3) is 9.05 Å². The zero-order valence-corrected chi connectivity index (χ0v) is 10.1. The first-order valence-corrected chi connectivity index (χ1v) is 6.89. The molecule has 0 radical (unpaired) electrons. The third-order valence-corrected chi connectivity index (χ3v) is 5.83. The summed E-state index contributed by atoms with van der Waals surface area (Å²) in [6.45, 7) is 0. The second kappa shape index (κ2) is 3.37. The Morgan fingerprint density at radius 3 is 2.27 bits per heavy atom. The van der Waals surface area contributed by atoms with Crippen LogP contribution in [0.2, 0.25) is 5.02 Å². The lowest BCUT2D eigenvalue weighted by Gasteiger charge is -1.83. The normalized spacial score (nSPS) is 11.9. The van der Waals surface area contributed by atoms with Crippen molar-refractivity contribution in [3.8, 4) is 0 Å². The molecule has 0 aliphatic heterocycles. The highest BCUT2D eigenvalue weighted by atomic mass is 127. The smallest absolute Gasteiger partial charge is 0.206 e. The minimum atomic E-state index is -3.60. The van der Waals surface area contributed by atoms with Crippen molar-refractivity contribution >= 4 is 65.3 Å². The van der Waals surface area contributed by atoms with Gasteiger partial charge in [-0.2, -0.15) is 0 Å². The summed E-state index contributed by atoms with van der Waals surface area (Å²) in [5.74, 6) is 0. The maximum Gasteiger partial charge on any atom is 0.270 e. The second-order valence-corrected chi connectivity index (χ2v) is 7.69. The van der Waals surface area contributed by atoms with Crippen molar-refractivity contribution in [3.63, 3.8) is 0 Å². The summed E-state index contributed by atoms with van der Waals surface area (Å²) >= 11 is 8.62. The third kappa shape index (κ3) is 2.45. The van der Waals surface area contributed by atoms with E-state index >= 15 is 0 Å². The molecule has 0 N–H and O–H groups in total. The van der Waals surface area contributed by atoms with Gasteiger partial charge in [-0.3, -0.25) is 0 Å². The Morgan fingerprint density at radius 1 is 1.55 bits per heavy atom. The van der Waals surface area contributed by atoms with Crippen LogP contribution in [-0.2, 0) is 9.05 Å². The zero-order valence-electron chi connectivity index (χ0n) is 4.84. The van der Waals surface area contributed by atoms with Gasteiger partial charge in [-0.25, -0.2) is 8.42 Å². The molecular formula is C4HCl2IO2S2. The Morgan fingerprint density at radius 2 is 2.09 bits per heavy atom. The Bertz CT molecular complexity index is 350. The van der Waals surface area contributed by atoms with E-state index in [2.05, 4.69) is 0 Å². The number of thiophene rings is 1. The largest absolute Gasteiger partial charge is 0.270 e. The molecule has 1 aromatic rings. The van der Waals surface area contributed by atoms with Crippen LogP contribution in [0.5, 0.6) is 0 Å². The summed E-state index contributed by atoms with van der Waals surface area (Å²) in [6.07, 6.45) is 0. The highest BCUT2D eigenvalue weighted by Crippen LogP contribution is 2.32. The van der Waals surface area contributed by atoms with E-state index in [1.54, 1.807) is 0 Å². The van der Waals surface area contributed by atoms with Crippen molar-refractivity contribution in [2.24, 2.45) is 0 Å². The van der Waals surface area contributed by atoms with Crippen LogP contribution in [0.25, 0.3) is 0 Å². The molecule has 11 heavy (non-hydrogen) atoms. The Kier molecular flexibility index (Phi) is 3.08.